The Morgan fingerprint density at radius 1 is 1.22 bits per heavy atom. The molecular weight excluding hydrogens is 369 g/mol. The van der Waals surface area contributed by atoms with E-state index < -0.39 is 35.7 Å². The molecule has 27 heavy (non-hydrogen) atoms. The van der Waals surface area contributed by atoms with Gasteiger partial charge in [-0.15, -0.1) is 0 Å². The first-order valence-electron chi connectivity index (χ1n) is 8.05. The summed E-state index contributed by atoms with van der Waals surface area (Å²) in [5, 5.41) is 19.1. The van der Waals surface area contributed by atoms with E-state index in [4.69, 9.17) is 9.47 Å². The van der Waals surface area contributed by atoms with Crippen LogP contribution >= 0.6 is 0 Å². The second kappa shape index (κ2) is 9.49. The molecule has 0 bridgehead atoms. The number of nitrogens with zero attached hydrogens (tertiary/aromatic N) is 1. The number of ether oxygens (including phenoxy) is 2. The molecule has 0 aliphatic carbocycles. The number of H-pyrrole nitrogens is 1. The van der Waals surface area contributed by atoms with E-state index in [1.165, 1.54) is 0 Å². The quantitative estimate of drug-likeness (QED) is 0.734. The van der Waals surface area contributed by atoms with Crippen molar-refractivity contribution >= 4 is 0 Å². The van der Waals surface area contributed by atoms with Gasteiger partial charge in [0.15, 0.2) is 0 Å². The number of alkyl halides is 3. The molecule has 10 heteroatoms. The van der Waals surface area contributed by atoms with Gasteiger partial charge >= 0.3 is 6.18 Å². The molecule has 1 fully saturated rings. The zero-order chi connectivity index (χ0) is 19.9. The van der Waals surface area contributed by atoms with Crippen LogP contribution in [-0.4, -0.2) is 51.7 Å². The smallest absolute Gasteiger partial charge is 0.431 e. The summed E-state index contributed by atoms with van der Waals surface area (Å²) in [7, 11) is 0. The molecule has 0 amide bonds. The van der Waals surface area contributed by atoms with E-state index in [0.717, 1.165) is 18.2 Å². The normalized spacial score (nSPS) is 22.5. The largest absolute Gasteiger partial charge is 0.475 e. The van der Waals surface area contributed by atoms with Gasteiger partial charge in [0.05, 0.1) is 6.10 Å². The Bertz CT molecular complexity index is 754. The maximum atomic E-state index is 11.8. The highest BCUT2D eigenvalue weighted by molar-refractivity contribution is 5.09. The van der Waals surface area contributed by atoms with Crippen LogP contribution in [0.3, 0.4) is 0 Å². The summed E-state index contributed by atoms with van der Waals surface area (Å²) >= 11 is 0. The second-order valence-electron chi connectivity index (χ2n) is 5.66. The lowest BCUT2D eigenvalue weighted by Gasteiger charge is -2.31. The minimum atomic E-state index is -4.47. The van der Waals surface area contributed by atoms with Crippen molar-refractivity contribution in [3.63, 3.8) is 0 Å². The minimum absolute atomic E-state index is 0.190. The van der Waals surface area contributed by atoms with E-state index in [1.807, 2.05) is 6.07 Å². The lowest BCUT2D eigenvalue weighted by Crippen LogP contribution is -2.47. The van der Waals surface area contributed by atoms with E-state index in [0.29, 0.717) is 18.9 Å². The Kier molecular flexibility index (Phi) is 7.34. The average Bonchev–Trinajstić information content (AvgIpc) is 2.64. The first kappa shape index (κ1) is 20.9. The molecule has 0 radical (unpaired) electrons. The Morgan fingerprint density at radius 3 is 2.59 bits per heavy atom. The predicted octanol–water partition coefficient (Wildman–Crippen LogP) is 1.36. The van der Waals surface area contributed by atoms with Crippen molar-refractivity contribution in [3.8, 4) is 5.88 Å². The zero-order valence-electron chi connectivity index (χ0n) is 14.1. The van der Waals surface area contributed by atoms with Crippen LogP contribution < -0.4 is 10.3 Å². The molecule has 1 aliphatic heterocycles. The predicted molar refractivity (Wildman–Crippen MR) is 88.2 cm³/mol. The van der Waals surface area contributed by atoms with Crippen LogP contribution in [-0.2, 0) is 10.9 Å². The number of aromatic amines is 1. The van der Waals surface area contributed by atoms with Crippen LogP contribution in [0.25, 0.3) is 0 Å². The van der Waals surface area contributed by atoms with Gasteiger partial charge in [0.2, 0.25) is 11.4 Å². The molecule has 3 unspecified atom stereocenters. The molecular formula is C17H19F3N2O5. The van der Waals surface area contributed by atoms with E-state index >= 15 is 0 Å². The van der Waals surface area contributed by atoms with Crippen molar-refractivity contribution in [1.82, 2.24) is 9.97 Å². The first-order chi connectivity index (χ1) is 12.8. The summed E-state index contributed by atoms with van der Waals surface area (Å²) in [5.74, 6) is 0.485. The fourth-order valence-electron chi connectivity index (χ4n) is 2.22. The van der Waals surface area contributed by atoms with Crippen molar-refractivity contribution < 1.29 is 32.9 Å². The molecule has 2 aromatic heterocycles. The number of aromatic nitrogens is 2. The van der Waals surface area contributed by atoms with Crippen molar-refractivity contribution in [1.29, 1.82) is 0 Å². The van der Waals surface area contributed by atoms with Gasteiger partial charge in [-0.05, 0) is 18.6 Å². The van der Waals surface area contributed by atoms with Crippen molar-refractivity contribution in [2.45, 2.75) is 30.9 Å². The summed E-state index contributed by atoms with van der Waals surface area (Å²) in [4.78, 5) is 16.0. The lowest BCUT2D eigenvalue weighted by molar-refractivity contribution is -0.144. The van der Waals surface area contributed by atoms with Gasteiger partial charge in [-0.3, -0.25) is 4.79 Å². The third kappa shape index (κ3) is 6.66. The molecule has 3 atom stereocenters. The monoisotopic (exact) mass is 388 g/mol. The molecule has 2 aromatic rings. The van der Waals surface area contributed by atoms with Crippen LogP contribution in [0.5, 0.6) is 5.88 Å². The van der Waals surface area contributed by atoms with Gasteiger partial charge in [0.25, 0.3) is 0 Å². The van der Waals surface area contributed by atoms with Gasteiger partial charge in [0, 0.05) is 24.9 Å². The van der Waals surface area contributed by atoms with Crippen molar-refractivity contribution in [2.24, 2.45) is 0 Å². The van der Waals surface area contributed by atoms with Crippen LogP contribution in [0.1, 0.15) is 12.1 Å². The summed E-state index contributed by atoms with van der Waals surface area (Å²) in [5.41, 5.74) is -1.77. The molecule has 3 heterocycles. The maximum absolute atomic E-state index is 11.8. The Labute approximate surface area is 152 Å². The molecule has 0 saturated carbocycles. The number of hydrogen-bond donors (Lipinski definition) is 3. The fourth-order valence-corrected chi connectivity index (χ4v) is 2.22. The number of aliphatic hydroxyl groups excluding tert-OH is 2. The Morgan fingerprint density at radius 2 is 2.00 bits per heavy atom. The molecule has 1 aliphatic rings. The van der Waals surface area contributed by atoms with Gasteiger partial charge in [0.1, 0.15) is 24.5 Å². The standard InChI is InChI=1S/C11H15NO4.C6H4F3NO/c13-8-4-6-15-9(11(8)14)7-16-10-3-1-2-5-12-10;7-6(8,9)4-2-1-3-5(11)10-4/h1-3,5,8-9,11,13-14H,4,6-7H2;1-3H,(H,10,11). The highest BCUT2D eigenvalue weighted by Crippen LogP contribution is 2.25. The number of aliphatic hydroxyl groups is 2. The van der Waals surface area contributed by atoms with Crippen molar-refractivity contribution in [3.05, 3.63) is 58.6 Å². The molecule has 3 N–H and O–H groups in total. The van der Waals surface area contributed by atoms with Crippen LogP contribution in [0.4, 0.5) is 13.2 Å². The van der Waals surface area contributed by atoms with Crippen LogP contribution in [0.15, 0.2) is 47.4 Å². The third-order valence-electron chi connectivity index (χ3n) is 3.63. The molecule has 0 aromatic carbocycles. The lowest BCUT2D eigenvalue weighted by atomic mass is 10.0. The summed E-state index contributed by atoms with van der Waals surface area (Å²) < 4.78 is 46.1. The van der Waals surface area contributed by atoms with E-state index in [2.05, 4.69) is 4.98 Å². The van der Waals surface area contributed by atoms with E-state index in [1.54, 1.807) is 23.3 Å². The van der Waals surface area contributed by atoms with E-state index in [-0.39, 0.29) is 6.61 Å². The number of hydrogen-bond acceptors (Lipinski definition) is 6. The number of rotatable bonds is 3. The van der Waals surface area contributed by atoms with Gasteiger partial charge in [-0.25, -0.2) is 4.98 Å². The number of pyridine rings is 2. The zero-order valence-corrected chi connectivity index (χ0v) is 14.1. The van der Waals surface area contributed by atoms with Gasteiger partial charge < -0.3 is 24.7 Å². The summed E-state index contributed by atoms with van der Waals surface area (Å²) in [6, 6.07) is 8.22. The fraction of sp³-hybridized carbons (Fsp3) is 0.412. The van der Waals surface area contributed by atoms with Gasteiger partial charge in [-0.2, -0.15) is 13.2 Å². The third-order valence-corrected chi connectivity index (χ3v) is 3.63. The molecule has 7 nitrogen and oxygen atoms in total. The Balaban J connectivity index is 0.000000208. The number of nitrogens with one attached hydrogen (secondary N) is 1. The topological polar surface area (TPSA) is 105 Å². The molecule has 148 valence electrons. The van der Waals surface area contributed by atoms with Crippen LogP contribution in [0, 0.1) is 0 Å². The second-order valence-corrected chi connectivity index (χ2v) is 5.66. The maximum Gasteiger partial charge on any atom is 0.431 e. The number of halogens is 3. The minimum Gasteiger partial charge on any atom is -0.475 e. The molecule has 3 rings (SSSR count). The SMILES string of the molecule is O=c1cccc(C(F)(F)F)[nH]1.OC1CCOC(COc2ccccn2)C1O. The molecule has 0 spiro atoms. The van der Waals surface area contributed by atoms with Crippen molar-refractivity contribution in [2.75, 3.05) is 13.2 Å². The van der Waals surface area contributed by atoms with Gasteiger partial charge in [-0.1, -0.05) is 12.1 Å². The highest BCUT2D eigenvalue weighted by Gasteiger charge is 2.32. The Hall–Kier alpha value is -2.43. The average molecular weight is 388 g/mol. The summed E-state index contributed by atoms with van der Waals surface area (Å²) in [6.45, 7) is 0.629. The van der Waals surface area contributed by atoms with Crippen LogP contribution in [0.2, 0.25) is 0 Å². The summed E-state index contributed by atoms with van der Waals surface area (Å²) in [6.07, 6.45) is -4.50. The van der Waals surface area contributed by atoms with E-state index in [9.17, 15) is 28.2 Å². The highest BCUT2D eigenvalue weighted by atomic mass is 19.4. The molecule has 1 saturated heterocycles. The first-order valence-corrected chi connectivity index (χ1v) is 8.05.